The second-order valence-corrected chi connectivity index (χ2v) is 4.15. The van der Waals surface area contributed by atoms with Crippen molar-refractivity contribution in [2.45, 2.75) is 24.7 Å². The number of urea groups is 1. The Morgan fingerprint density at radius 1 is 1.39 bits per heavy atom. The summed E-state index contributed by atoms with van der Waals surface area (Å²) in [5.74, 6) is -0.308. The van der Waals surface area contributed by atoms with Crippen molar-refractivity contribution in [3.63, 3.8) is 0 Å². The molecule has 0 heterocycles. The first kappa shape index (κ1) is 12.5. The molecule has 18 heavy (non-hydrogen) atoms. The second kappa shape index (κ2) is 4.08. The smallest absolute Gasteiger partial charge is 0.406 e. The first-order valence-corrected chi connectivity index (χ1v) is 5.25. The number of nitrogens with one attached hydrogen (secondary N) is 1. The zero-order chi connectivity index (χ0) is 13.4. The molecule has 2 rings (SSSR count). The third-order valence-corrected chi connectivity index (χ3v) is 2.73. The molecule has 0 aliphatic heterocycles. The van der Waals surface area contributed by atoms with Gasteiger partial charge < -0.3 is 15.8 Å². The van der Waals surface area contributed by atoms with Crippen LogP contribution in [0.15, 0.2) is 24.3 Å². The molecule has 3 N–H and O–H groups in total. The van der Waals surface area contributed by atoms with E-state index in [1.54, 1.807) is 6.07 Å². The summed E-state index contributed by atoms with van der Waals surface area (Å²) in [5, 5.41) is 2.54. The van der Waals surface area contributed by atoms with Gasteiger partial charge in [0.2, 0.25) is 0 Å². The van der Waals surface area contributed by atoms with Crippen molar-refractivity contribution in [3.8, 4) is 5.75 Å². The summed E-state index contributed by atoms with van der Waals surface area (Å²) in [6.45, 7) is 0. The van der Waals surface area contributed by atoms with Crippen LogP contribution in [-0.4, -0.2) is 12.4 Å². The van der Waals surface area contributed by atoms with Crippen molar-refractivity contribution in [1.29, 1.82) is 0 Å². The van der Waals surface area contributed by atoms with Crippen LogP contribution in [0.25, 0.3) is 0 Å². The maximum atomic E-state index is 12.1. The number of hydrogen-bond donors (Lipinski definition) is 2. The summed E-state index contributed by atoms with van der Waals surface area (Å²) >= 11 is 0. The van der Waals surface area contributed by atoms with Crippen LogP contribution in [-0.2, 0) is 5.54 Å². The number of nitrogens with two attached hydrogens (primary N) is 1. The Bertz CT molecular complexity index is 470. The van der Waals surface area contributed by atoms with Gasteiger partial charge in [-0.25, -0.2) is 4.79 Å². The number of carbonyl (C=O) groups is 1. The minimum atomic E-state index is -4.73. The number of alkyl halides is 3. The molecule has 0 unspecified atom stereocenters. The second-order valence-electron chi connectivity index (χ2n) is 4.15. The quantitative estimate of drug-likeness (QED) is 0.875. The minimum absolute atomic E-state index is 0.308. The van der Waals surface area contributed by atoms with Gasteiger partial charge in [-0.15, -0.1) is 13.2 Å². The van der Waals surface area contributed by atoms with Crippen LogP contribution >= 0.6 is 0 Å². The fraction of sp³-hybridized carbons (Fsp3) is 0.364. The van der Waals surface area contributed by atoms with E-state index in [0.29, 0.717) is 18.4 Å². The Morgan fingerprint density at radius 2 is 2.06 bits per heavy atom. The number of hydrogen-bond acceptors (Lipinski definition) is 2. The van der Waals surface area contributed by atoms with E-state index in [9.17, 15) is 18.0 Å². The fourth-order valence-corrected chi connectivity index (χ4v) is 1.84. The van der Waals surface area contributed by atoms with Crippen LogP contribution in [0.2, 0.25) is 0 Å². The monoisotopic (exact) mass is 260 g/mol. The van der Waals surface area contributed by atoms with E-state index in [1.165, 1.54) is 18.2 Å². The molecule has 1 aliphatic rings. The molecule has 0 saturated heterocycles. The van der Waals surface area contributed by atoms with Crippen molar-refractivity contribution in [3.05, 3.63) is 29.8 Å². The molecule has 0 spiro atoms. The lowest BCUT2D eigenvalue weighted by Crippen LogP contribution is -2.38. The van der Waals surface area contributed by atoms with E-state index in [4.69, 9.17) is 5.73 Å². The van der Waals surface area contributed by atoms with Crippen LogP contribution in [0.5, 0.6) is 5.75 Å². The van der Waals surface area contributed by atoms with Crippen molar-refractivity contribution >= 4 is 6.03 Å². The first-order valence-electron chi connectivity index (χ1n) is 5.25. The van der Waals surface area contributed by atoms with E-state index >= 15 is 0 Å². The topological polar surface area (TPSA) is 64.4 Å². The number of ether oxygens (including phenoxy) is 1. The number of carbonyl (C=O) groups excluding carboxylic acids is 1. The molecule has 0 radical (unpaired) electrons. The van der Waals surface area contributed by atoms with Gasteiger partial charge in [-0.3, -0.25) is 0 Å². The molecule has 2 amide bonds. The summed E-state index contributed by atoms with van der Waals surface area (Å²) in [4.78, 5) is 10.8. The Labute approximate surface area is 101 Å². The third-order valence-electron chi connectivity index (χ3n) is 2.73. The van der Waals surface area contributed by atoms with E-state index in [0.717, 1.165) is 0 Å². The van der Waals surface area contributed by atoms with Gasteiger partial charge in [0.15, 0.2) is 0 Å². The van der Waals surface area contributed by atoms with Crippen LogP contribution in [0.1, 0.15) is 18.4 Å². The molecule has 0 aromatic heterocycles. The molecule has 1 fully saturated rings. The number of primary amides is 1. The van der Waals surface area contributed by atoms with Crippen molar-refractivity contribution in [2.75, 3.05) is 0 Å². The highest BCUT2D eigenvalue weighted by Gasteiger charge is 2.45. The minimum Gasteiger partial charge on any atom is -0.406 e. The van der Waals surface area contributed by atoms with Gasteiger partial charge in [0.1, 0.15) is 5.75 Å². The van der Waals surface area contributed by atoms with Gasteiger partial charge >= 0.3 is 12.4 Å². The van der Waals surface area contributed by atoms with E-state index < -0.39 is 17.9 Å². The van der Waals surface area contributed by atoms with Crippen molar-refractivity contribution in [2.24, 2.45) is 5.73 Å². The number of amides is 2. The van der Waals surface area contributed by atoms with Crippen LogP contribution in [0.4, 0.5) is 18.0 Å². The highest BCUT2D eigenvalue weighted by atomic mass is 19.4. The molecule has 1 aromatic rings. The Balaban J connectivity index is 2.20. The van der Waals surface area contributed by atoms with Crippen molar-refractivity contribution < 1.29 is 22.7 Å². The van der Waals surface area contributed by atoms with Gasteiger partial charge in [0.05, 0.1) is 5.54 Å². The first-order chi connectivity index (χ1) is 8.31. The summed E-state index contributed by atoms with van der Waals surface area (Å²) < 4.78 is 40.1. The molecular formula is C11H11F3N2O2. The largest absolute Gasteiger partial charge is 0.573 e. The average Bonchev–Trinajstić information content (AvgIpc) is 2.95. The Kier molecular flexibility index (Phi) is 2.84. The molecule has 4 nitrogen and oxygen atoms in total. The Morgan fingerprint density at radius 3 is 2.56 bits per heavy atom. The van der Waals surface area contributed by atoms with E-state index in [1.807, 2.05) is 0 Å². The average molecular weight is 260 g/mol. The normalized spacial score (nSPS) is 17.1. The van der Waals surface area contributed by atoms with Gasteiger partial charge in [0, 0.05) is 0 Å². The fourth-order valence-electron chi connectivity index (χ4n) is 1.84. The molecule has 0 bridgehead atoms. The van der Waals surface area contributed by atoms with Gasteiger partial charge in [-0.2, -0.15) is 0 Å². The zero-order valence-electron chi connectivity index (χ0n) is 9.25. The lowest BCUT2D eigenvalue weighted by molar-refractivity contribution is -0.274. The number of benzene rings is 1. The third kappa shape index (κ3) is 2.85. The zero-order valence-corrected chi connectivity index (χ0v) is 9.25. The molecule has 0 atom stereocenters. The summed E-state index contributed by atoms with van der Waals surface area (Å²) in [6.07, 6.45) is -3.44. The van der Waals surface area contributed by atoms with Crippen LogP contribution in [0, 0.1) is 0 Å². The molecule has 7 heteroatoms. The summed E-state index contributed by atoms with van der Waals surface area (Å²) in [7, 11) is 0. The van der Waals surface area contributed by atoms with E-state index in [2.05, 4.69) is 10.1 Å². The maximum Gasteiger partial charge on any atom is 0.573 e. The van der Waals surface area contributed by atoms with Gasteiger partial charge in [-0.1, -0.05) is 12.1 Å². The van der Waals surface area contributed by atoms with Gasteiger partial charge in [0.25, 0.3) is 0 Å². The predicted octanol–water partition coefficient (Wildman–Crippen LogP) is 2.24. The van der Waals surface area contributed by atoms with E-state index in [-0.39, 0.29) is 5.75 Å². The molecule has 1 saturated carbocycles. The lowest BCUT2D eigenvalue weighted by Gasteiger charge is -2.17. The SMILES string of the molecule is NC(=O)NC1(c2cccc(OC(F)(F)F)c2)CC1. The number of rotatable bonds is 3. The highest BCUT2D eigenvalue weighted by Crippen LogP contribution is 2.46. The molecular weight excluding hydrogens is 249 g/mol. The van der Waals surface area contributed by atoms with Gasteiger partial charge in [-0.05, 0) is 30.5 Å². The summed E-state index contributed by atoms with van der Waals surface area (Å²) in [6, 6.07) is 4.84. The number of halogens is 3. The molecule has 98 valence electrons. The molecule has 1 aromatic carbocycles. The maximum absolute atomic E-state index is 12.1. The highest BCUT2D eigenvalue weighted by molar-refractivity contribution is 5.73. The molecule has 1 aliphatic carbocycles. The van der Waals surface area contributed by atoms with Crippen LogP contribution < -0.4 is 15.8 Å². The van der Waals surface area contributed by atoms with Crippen LogP contribution in [0.3, 0.4) is 0 Å². The standard InChI is InChI=1S/C11H11F3N2O2/c12-11(13,14)18-8-3-1-2-7(6-8)10(4-5-10)16-9(15)17/h1-3,6H,4-5H2,(H3,15,16,17). The van der Waals surface area contributed by atoms with Crippen molar-refractivity contribution in [1.82, 2.24) is 5.32 Å². The summed E-state index contributed by atoms with van der Waals surface area (Å²) in [5.41, 5.74) is 4.95. The Hall–Kier alpha value is -1.92. The lowest BCUT2D eigenvalue weighted by atomic mass is 10.0. The predicted molar refractivity (Wildman–Crippen MR) is 56.8 cm³/mol.